The van der Waals surface area contributed by atoms with Gasteiger partial charge in [-0.2, -0.15) is 5.10 Å². The Hall–Kier alpha value is -2.10. The Balaban J connectivity index is 1.37. The first-order chi connectivity index (χ1) is 11.9. The summed E-state index contributed by atoms with van der Waals surface area (Å²) in [4.78, 5) is 4.73. The Labute approximate surface area is 142 Å². The van der Waals surface area contributed by atoms with Crippen molar-refractivity contribution in [3.8, 4) is 0 Å². The fourth-order valence-corrected chi connectivity index (χ4v) is 4.18. The minimum atomic E-state index is 0.829. The summed E-state index contributed by atoms with van der Waals surface area (Å²) in [5.41, 5.74) is 5.40. The van der Waals surface area contributed by atoms with Crippen LogP contribution >= 0.6 is 0 Å². The molecule has 1 aromatic heterocycles. The summed E-state index contributed by atoms with van der Waals surface area (Å²) in [6, 6.07) is 6.59. The standard InChI is InChI=1S/C20H24N4/c1-2-7-18-15(6-1)11-21-20(18)23-17-8-9-19-16(10-17)12-22-24(19)13-14-4-3-5-14/h8-10,12,14H,1-7,11,13H2,(H,21,23). The molecule has 0 amide bonds. The van der Waals surface area contributed by atoms with E-state index in [1.807, 2.05) is 6.20 Å². The highest BCUT2D eigenvalue weighted by atomic mass is 15.3. The highest BCUT2D eigenvalue weighted by Gasteiger charge is 2.22. The molecule has 2 heterocycles. The lowest BCUT2D eigenvalue weighted by molar-refractivity contribution is 0.270. The summed E-state index contributed by atoms with van der Waals surface area (Å²) in [6.07, 6.45) is 11.1. The number of aromatic nitrogens is 2. The van der Waals surface area contributed by atoms with Crippen molar-refractivity contribution in [1.29, 1.82) is 0 Å². The third kappa shape index (κ3) is 2.45. The number of anilines is 1. The molecule has 0 bridgehead atoms. The van der Waals surface area contributed by atoms with Crippen LogP contribution in [0.15, 0.2) is 40.5 Å². The molecule has 0 radical (unpaired) electrons. The Morgan fingerprint density at radius 3 is 2.92 bits per heavy atom. The van der Waals surface area contributed by atoms with Gasteiger partial charge >= 0.3 is 0 Å². The van der Waals surface area contributed by atoms with Gasteiger partial charge in [-0.3, -0.25) is 9.67 Å². The number of hydrogen-bond donors (Lipinski definition) is 1. The zero-order valence-corrected chi connectivity index (χ0v) is 14.1. The van der Waals surface area contributed by atoms with Gasteiger partial charge in [0.15, 0.2) is 0 Å². The fourth-order valence-electron chi connectivity index (χ4n) is 4.18. The van der Waals surface area contributed by atoms with Crippen molar-refractivity contribution in [3.05, 3.63) is 35.5 Å². The van der Waals surface area contributed by atoms with Gasteiger partial charge in [0.1, 0.15) is 5.84 Å². The highest BCUT2D eigenvalue weighted by molar-refractivity contribution is 6.10. The zero-order chi connectivity index (χ0) is 15.9. The summed E-state index contributed by atoms with van der Waals surface area (Å²) in [7, 11) is 0. The van der Waals surface area contributed by atoms with Crippen LogP contribution in [0.25, 0.3) is 10.9 Å². The van der Waals surface area contributed by atoms with Crippen molar-refractivity contribution in [2.45, 2.75) is 51.5 Å². The molecule has 1 saturated carbocycles. The molecular formula is C20H24N4. The van der Waals surface area contributed by atoms with Crippen LogP contribution in [0.5, 0.6) is 0 Å². The van der Waals surface area contributed by atoms with Crippen LogP contribution in [0, 0.1) is 5.92 Å². The van der Waals surface area contributed by atoms with Crippen LogP contribution in [-0.4, -0.2) is 22.2 Å². The van der Waals surface area contributed by atoms with E-state index in [-0.39, 0.29) is 0 Å². The molecule has 4 heteroatoms. The molecule has 0 saturated heterocycles. The second kappa shape index (κ2) is 5.76. The first kappa shape index (κ1) is 14.3. The van der Waals surface area contributed by atoms with Crippen LogP contribution in [-0.2, 0) is 6.54 Å². The van der Waals surface area contributed by atoms with E-state index >= 15 is 0 Å². The Morgan fingerprint density at radius 1 is 1.12 bits per heavy atom. The molecule has 5 rings (SSSR count). The van der Waals surface area contributed by atoms with Gasteiger partial charge in [-0.25, -0.2) is 0 Å². The van der Waals surface area contributed by atoms with E-state index in [4.69, 9.17) is 4.99 Å². The highest BCUT2D eigenvalue weighted by Crippen LogP contribution is 2.32. The summed E-state index contributed by atoms with van der Waals surface area (Å²) >= 11 is 0. The number of aliphatic imine (C=N–C) groups is 1. The smallest absolute Gasteiger partial charge is 0.128 e. The van der Waals surface area contributed by atoms with Crippen molar-refractivity contribution in [3.63, 3.8) is 0 Å². The van der Waals surface area contributed by atoms with Gasteiger partial charge in [0.05, 0.1) is 18.3 Å². The molecule has 1 N–H and O–H groups in total. The molecule has 1 aliphatic heterocycles. The molecule has 2 aliphatic carbocycles. The molecule has 4 nitrogen and oxygen atoms in total. The van der Waals surface area contributed by atoms with Crippen LogP contribution < -0.4 is 5.32 Å². The lowest BCUT2D eigenvalue weighted by Gasteiger charge is -2.25. The lowest BCUT2D eigenvalue weighted by atomic mass is 9.85. The molecule has 3 aliphatic rings. The number of benzene rings is 1. The number of nitrogens with zero attached hydrogens (tertiary/aromatic N) is 3. The van der Waals surface area contributed by atoms with E-state index in [9.17, 15) is 0 Å². The minimum Gasteiger partial charge on any atom is -0.340 e. The third-order valence-electron chi connectivity index (χ3n) is 5.86. The van der Waals surface area contributed by atoms with E-state index in [1.54, 1.807) is 5.57 Å². The van der Waals surface area contributed by atoms with Gasteiger partial charge in [-0.1, -0.05) is 6.42 Å². The van der Waals surface area contributed by atoms with Crippen molar-refractivity contribution < 1.29 is 0 Å². The Kier molecular flexibility index (Phi) is 3.42. The van der Waals surface area contributed by atoms with Gasteiger partial charge in [0.2, 0.25) is 0 Å². The quantitative estimate of drug-likeness (QED) is 0.902. The van der Waals surface area contributed by atoms with E-state index in [0.717, 1.165) is 30.5 Å². The average molecular weight is 320 g/mol. The van der Waals surface area contributed by atoms with Crippen molar-refractivity contribution >= 4 is 22.4 Å². The largest absolute Gasteiger partial charge is 0.340 e. The number of fused-ring (bicyclic) bond motifs is 1. The van der Waals surface area contributed by atoms with E-state index < -0.39 is 0 Å². The topological polar surface area (TPSA) is 42.2 Å². The van der Waals surface area contributed by atoms with Gasteiger partial charge in [-0.05, 0) is 73.8 Å². The maximum atomic E-state index is 4.73. The predicted octanol–water partition coefficient (Wildman–Crippen LogP) is 4.53. The molecule has 24 heavy (non-hydrogen) atoms. The first-order valence-electron chi connectivity index (χ1n) is 9.35. The predicted molar refractivity (Wildman–Crippen MR) is 98.5 cm³/mol. The summed E-state index contributed by atoms with van der Waals surface area (Å²) < 4.78 is 2.18. The van der Waals surface area contributed by atoms with Crippen molar-refractivity contribution in [2.24, 2.45) is 10.9 Å². The van der Waals surface area contributed by atoms with Crippen molar-refractivity contribution in [2.75, 3.05) is 11.9 Å². The third-order valence-corrected chi connectivity index (χ3v) is 5.86. The van der Waals surface area contributed by atoms with Crippen molar-refractivity contribution in [1.82, 2.24) is 9.78 Å². The number of nitrogens with one attached hydrogen (secondary N) is 1. The molecule has 0 spiro atoms. The average Bonchev–Trinajstić information content (AvgIpc) is 3.15. The van der Waals surface area contributed by atoms with Crippen LogP contribution in [0.3, 0.4) is 0 Å². The fraction of sp³-hybridized carbons (Fsp3) is 0.500. The van der Waals surface area contributed by atoms with E-state index in [1.165, 1.54) is 61.4 Å². The molecular weight excluding hydrogens is 296 g/mol. The molecule has 1 fully saturated rings. The maximum Gasteiger partial charge on any atom is 0.128 e. The number of rotatable bonds is 3. The summed E-state index contributed by atoms with van der Waals surface area (Å²) in [5.74, 6) is 1.93. The lowest BCUT2D eigenvalue weighted by Crippen LogP contribution is -2.18. The second-order valence-electron chi connectivity index (χ2n) is 7.48. The normalized spacial score (nSPS) is 20.9. The SMILES string of the molecule is c1cc2c(cnn2CC2CCC2)cc1NC1=NCC2=C1CCCC2. The molecule has 1 aromatic carbocycles. The maximum absolute atomic E-state index is 4.73. The number of amidine groups is 1. The van der Waals surface area contributed by atoms with Gasteiger partial charge in [0.25, 0.3) is 0 Å². The Morgan fingerprint density at radius 2 is 2.04 bits per heavy atom. The van der Waals surface area contributed by atoms with Gasteiger partial charge in [0, 0.05) is 17.6 Å². The van der Waals surface area contributed by atoms with Crippen LogP contribution in [0.4, 0.5) is 5.69 Å². The number of hydrogen-bond acceptors (Lipinski definition) is 3. The van der Waals surface area contributed by atoms with E-state index in [0.29, 0.717) is 0 Å². The Bertz CT molecular complexity index is 838. The first-order valence-corrected chi connectivity index (χ1v) is 9.35. The molecule has 0 unspecified atom stereocenters. The molecule has 2 aromatic rings. The minimum absolute atomic E-state index is 0.829. The molecule has 124 valence electrons. The van der Waals surface area contributed by atoms with Crippen LogP contribution in [0.2, 0.25) is 0 Å². The molecule has 0 atom stereocenters. The summed E-state index contributed by atoms with van der Waals surface area (Å²) in [5, 5.41) is 9.38. The zero-order valence-electron chi connectivity index (χ0n) is 14.1. The van der Waals surface area contributed by atoms with Gasteiger partial charge < -0.3 is 5.32 Å². The van der Waals surface area contributed by atoms with Gasteiger partial charge in [-0.15, -0.1) is 0 Å². The monoisotopic (exact) mass is 320 g/mol. The summed E-state index contributed by atoms with van der Waals surface area (Å²) in [6.45, 7) is 1.97. The second-order valence-corrected chi connectivity index (χ2v) is 7.48. The van der Waals surface area contributed by atoms with E-state index in [2.05, 4.69) is 33.3 Å². The van der Waals surface area contributed by atoms with Crippen LogP contribution in [0.1, 0.15) is 44.9 Å².